The second kappa shape index (κ2) is 4.89. The van der Waals surface area contributed by atoms with Crippen LogP contribution in [0.2, 0.25) is 0 Å². The fourth-order valence-electron chi connectivity index (χ4n) is 1.46. The lowest BCUT2D eigenvalue weighted by atomic mass is 10.0. The summed E-state index contributed by atoms with van der Waals surface area (Å²) in [5.41, 5.74) is 1.57. The van der Waals surface area contributed by atoms with Crippen LogP contribution in [0.15, 0.2) is 12.1 Å². The third-order valence-electron chi connectivity index (χ3n) is 2.48. The zero-order valence-corrected chi connectivity index (χ0v) is 8.88. The van der Waals surface area contributed by atoms with Gasteiger partial charge < -0.3 is 10.2 Å². The first kappa shape index (κ1) is 10.9. The zero-order valence-electron chi connectivity index (χ0n) is 8.88. The Morgan fingerprint density at radius 1 is 1.07 bits per heavy atom. The molecule has 2 heteroatoms. The monoisotopic (exact) mass is 194 g/mol. The number of aryl methyl sites for hydroxylation is 1. The SMILES string of the molecule is CCCCCc1cc(O)c(C)c(O)c1. The van der Waals surface area contributed by atoms with E-state index in [2.05, 4.69) is 6.92 Å². The number of unbranched alkanes of at least 4 members (excludes halogenated alkanes) is 2. The van der Waals surface area contributed by atoms with Gasteiger partial charge in [0.05, 0.1) is 0 Å². The minimum Gasteiger partial charge on any atom is -0.508 e. The molecule has 0 bridgehead atoms. The Kier molecular flexibility index (Phi) is 3.81. The Balaban J connectivity index is 2.69. The van der Waals surface area contributed by atoms with Gasteiger partial charge in [-0.2, -0.15) is 0 Å². The van der Waals surface area contributed by atoms with Crippen molar-refractivity contribution in [2.45, 2.75) is 39.5 Å². The summed E-state index contributed by atoms with van der Waals surface area (Å²) >= 11 is 0. The second-order valence-corrected chi connectivity index (χ2v) is 3.72. The molecule has 1 aromatic rings. The molecule has 0 heterocycles. The number of phenols is 2. The summed E-state index contributed by atoms with van der Waals surface area (Å²) in [7, 11) is 0. The van der Waals surface area contributed by atoms with Crippen LogP contribution in [0.1, 0.15) is 37.3 Å². The van der Waals surface area contributed by atoms with E-state index in [9.17, 15) is 10.2 Å². The molecule has 0 atom stereocenters. The Labute approximate surface area is 85.2 Å². The van der Waals surface area contributed by atoms with Crippen molar-refractivity contribution in [3.63, 3.8) is 0 Å². The van der Waals surface area contributed by atoms with E-state index in [0.29, 0.717) is 5.56 Å². The van der Waals surface area contributed by atoms with Gasteiger partial charge in [0.15, 0.2) is 0 Å². The second-order valence-electron chi connectivity index (χ2n) is 3.72. The van der Waals surface area contributed by atoms with E-state index < -0.39 is 0 Å². The Morgan fingerprint density at radius 2 is 1.64 bits per heavy atom. The molecule has 14 heavy (non-hydrogen) atoms. The maximum absolute atomic E-state index is 9.48. The molecule has 1 rings (SSSR count). The molecule has 0 radical (unpaired) electrons. The van der Waals surface area contributed by atoms with Gasteiger partial charge in [0.1, 0.15) is 11.5 Å². The van der Waals surface area contributed by atoms with E-state index in [1.54, 1.807) is 19.1 Å². The summed E-state index contributed by atoms with van der Waals surface area (Å²) in [6.45, 7) is 3.87. The highest BCUT2D eigenvalue weighted by Crippen LogP contribution is 2.28. The van der Waals surface area contributed by atoms with Gasteiger partial charge in [-0.05, 0) is 37.5 Å². The molecular formula is C12H18O2. The summed E-state index contributed by atoms with van der Waals surface area (Å²) in [5, 5.41) is 19.0. The van der Waals surface area contributed by atoms with Crippen LogP contribution < -0.4 is 0 Å². The van der Waals surface area contributed by atoms with Crippen molar-refractivity contribution in [3.8, 4) is 11.5 Å². The molecule has 0 spiro atoms. The fourth-order valence-corrected chi connectivity index (χ4v) is 1.46. The molecule has 0 saturated heterocycles. The third kappa shape index (κ3) is 2.66. The highest BCUT2D eigenvalue weighted by molar-refractivity contribution is 5.45. The summed E-state index contributed by atoms with van der Waals surface area (Å²) in [6.07, 6.45) is 4.41. The van der Waals surface area contributed by atoms with E-state index in [0.717, 1.165) is 18.4 Å². The third-order valence-corrected chi connectivity index (χ3v) is 2.48. The average molecular weight is 194 g/mol. The van der Waals surface area contributed by atoms with Crippen LogP contribution in [0, 0.1) is 6.92 Å². The highest BCUT2D eigenvalue weighted by Gasteiger charge is 2.04. The van der Waals surface area contributed by atoms with E-state index in [1.807, 2.05) is 0 Å². The summed E-state index contributed by atoms with van der Waals surface area (Å²) in [6, 6.07) is 3.48. The van der Waals surface area contributed by atoms with E-state index in [-0.39, 0.29) is 11.5 Å². The van der Waals surface area contributed by atoms with Crippen LogP contribution in [0.5, 0.6) is 11.5 Å². The predicted octanol–water partition coefficient (Wildman–Crippen LogP) is 3.14. The average Bonchev–Trinajstić information content (AvgIpc) is 2.14. The van der Waals surface area contributed by atoms with Crippen molar-refractivity contribution in [1.29, 1.82) is 0 Å². The molecule has 0 fully saturated rings. The first-order valence-electron chi connectivity index (χ1n) is 5.16. The van der Waals surface area contributed by atoms with Gasteiger partial charge in [0, 0.05) is 5.56 Å². The molecule has 2 N–H and O–H groups in total. The van der Waals surface area contributed by atoms with Gasteiger partial charge in [0.25, 0.3) is 0 Å². The van der Waals surface area contributed by atoms with Gasteiger partial charge in [-0.25, -0.2) is 0 Å². The van der Waals surface area contributed by atoms with Crippen LogP contribution >= 0.6 is 0 Å². The van der Waals surface area contributed by atoms with Crippen molar-refractivity contribution in [3.05, 3.63) is 23.3 Å². The Morgan fingerprint density at radius 3 is 2.14 bits per heavy atom. The standard InChI is InChI=1S/C12H18O2/c1-3-4-5-6-10-7-11(13)9(2)12(14)8-10/h7-8,13-14H,3-6H2,1-2H3. The largest absolute Gasteiger partial charge is 0.508 e. The number of rotatable bonds is 4. The van der Waals surface area contributed by atoms with E-state index in [1.165, 1.54) is 12.8 Å². The van der Waals surface area contributed by atoms with Crippen LogP contribution in [0.3, 0.4) is 0 Å². The maximum atomic E-state index is 9.48. The van der Waals surface area contributed by atoms with Gasteiger partial charge >= 0.3 is 0 Å². The molecule has 0 aliphatic rings. The molecular weight excluding hydrogens is 176 g/mol. The minimum atomic E-state index is 0.191. The number of hydrogen-bond donors (Lipinski definition) is 2. The van der Waals surface area contributed by atoms with Crippen molar-refractivity contribution in [2.75, 3.05) is 0 Å². The Bertz CT molecular complexity index is 282. The zero-order chi connectivity index (χ0) is 10.6. The Hall–Kier alpha value is -1.18. The highest BCUT2D eigenvalue weighted by atomic mass is 16.3. The van der Waals surface area contributed by atoms with Gasteiger partial charge in [-0.1, -0.05) is 19.8 Å². The van der Waals surface area contributed by atoms with E-state index in [4.69, 9.17) is 0 Å². The fraction of sp³-hybridized carbons (Fsp3) is 0.500. The molecule has 0 aliphatic heterocycles. The summed E-state index contributed by atoms with van der Waals surface area (Å²) in [5.74, 6) is 0.382. The number of phenolic OH excluding ortho intramolecular Hbond substituents is 2. The summed E-state index contributed by atoms with van der Waals surface area (Å²) in [4.78, 5) is 0. The molecule has 0 aliphatic carbocycles. The van der Waals surface area contributed by atoms with Crippen molar-refractivity contribution in [1.82, 2.24) is 0 Å². The molecule has 0 saturated carbocycles. The van der Waals surface area contributed by atoms with Crippen LogP contribution in [0.25, 0.3) is 0 Å². The molecule has 0 unspecified atom stereocenters. The predicted molar refractivity (Wildman–Crippen MR) is 57.7 cm³/mol. The van der Waals surface area contributed by atoms with Crippen molar-refractivity contribution >= 4 is 0 Å². The van der Waals surface area contributed by atoms with Crippen LogP contribution in [0.4, 0.5) is 0 Å². The minimum absolute atomic E-state index is 0.191. The quantitative estimate of drug-likeness (QED) is 0.723. The van der Waals surface area contributed by atoms with Crippen LogP contribution in [-0.2, 0) is 6.42 Å². The van der Waals surface area contributed by atoms with Gasteiger partial charge in [-0.3, -0.25) is 0 Å². The van der Waals surface area contributed by atoms with Gasteiger partial charge in [-0.15, -0.1) is 0 Å². The lowest BCUT2D eigenvalue weighted by Gasteiger charge is -2.06. The van der Waals surface area contributed by atoms with Crippen LogP contribution in [-0.4, -0.2) is 10.2 Å². The van der Waals surface area contributed by atoms with Crippen molar-refractivity contribution < 1.29 is 10.2 Å². The van der Waals surface area contributed by atoms with Gasteiger partial charge in [0.2, 0.25) is 0 Å². The first-order chi connectivity index (χ1) is 6.65. The van der Waals surface area contributed by atoms with Crippen molar-refractivity contribution in [2.24, 2.45) is 0 Å². The molecule has 0 amide bonds. The van der Waals surface area contributed by atoms with E-state index >= 15 is 0 Å². The number of hydrogen-bond acceptors (Lipinski definition) is 2. The molecule has 1 aromatic carbocycles. The number of benzene rings is 1. The maximum Gasteiger partial charge on any atom is 0.122 e. The number of aromatic hydroxyl groups is 2. The lowest BCUT2D eigenvalue weighted by molar-refractivity contribution is 0.441. The first-order valence-corrected chi connectivity index (χ1v) is 5.16. The topological polar surface area (TPSA) is 40.5 Å². The normalized spacial score (nSPS) is 10.4. The summed E-state index contributed by atoms with van der Waals surface area (Å²) < 4.78 is 0. The smallest absolute Gasteiger partial charge is 0.122 e. The lowest BCUT2D eigenvalue weighted by Crippen LogP contribution is -1.87. The molecule has 2 nitrogen and oxygen atoms in total. The molecule has 78 valence electrons. The molecule has 0 aromatic heterocycles.